The fourth-order valence-electron chi connectivity index (χ4n) is 1.60. The summed E-state index contributed by atoms with van der Waals surface area (Å²) in [6.45, 7) is 4.23. The lowest BCUT2D eigenvalue weighted by Gasteiger charge is -2.21. The molecule has 0 aromatic heterocycles. The summed E-state index contributed by atoms with van der Waals surface area (Å²) in [6, 6.07) is 7.85. The molecule has 1 rings (SSSR count). The number of nitrogens with two attached hydrogens (primary N) is 1. The van der Waals surface area contributed by atoms with Gasteiger partial charge >= 0.3 is 5.97 Å². The second kappa shape index (κ2) is 6.40. The molecule has 2 N–H and O–H groups in total. The predicted molar refractivity (Wildman–Crippen MR) is 70.5 cm³/mol. The molecule has 0 aliphatic heterocycles. The van der Waals surface area contributed by atoms with Gasteiger partial charge in [-0.3, -0.25) is 4.79 Å². The molecule has 0 amide bonds. The van der Waals surface area contributed by atoms with Crippen LogP contribution in [0.4, 0.5) is 0 Å². The van der Waals surface area contributed by atoms with Gasteiger partial charge in [-0.25, -0.2) is 0 Å². The zero-order chi connectivity index (χ0) is 13.6. The van der Waals surface area contributed by atoms with E-state index < -0.39 is 11.5 Å². The minimum absolute atomic E-state index is 0.391. The highest BCUT2D eigenvalue weighted by Crippen LogP contribution is 2.14. The van der Waals surface area contributed by atoms with Gasteiger partial charge in [-0.1, -0.05) is 17.7 Å². The Morgan fingerprint density at radius 3 is 2.50 bits per heavy atom. The van der Waals surface area contributed by atoms with Crippen molar-refractivity contribution in [1.29, 1.82) is 0 Å². The summed E-state index contributed by atoms with van der Waals surface area (Å²) in [5, 5.41) is 0. The maximum absolute atomic E-state index is 11.3. The molecule has 4 heteroatoms. The lowest BCUT2D eigenvalue weighted by Crippen LogP contribution is -2.45. The number of rotatable bonds is 6. The number of aryl methyl sites for hydroxylation is 1. The van der Waals surface area contributed by atoms with E-state index in [0.717, 1.165) is 5.75 Å². The average Bonchev–Trinajstić information content (AvgIpc) is 2.35. The topological polar surface area (TPSA) is 61.5 Å². The molecule has 0 saturated carbocycles. The Morgan fingerprint density at radius 1 is 1.33 bits per heavy atom. The molecule has 0 aliphatic carbocycles. The number of methoxy groups -OCH3 is 1. The van der Waals surface area contributed by atoms with Crippen LogP contribution >= 0.6 is 0 Å². The molecule has 0 fully saturated rings. The number of carbonyl (C=O) groups excluding carboxylic acids is 1. The lowest BCUT2D eigenvalue weighted by atomic mass is 9.98. The van der Waals surface area contributed by atoms with Crippen molar-refractivity contribution in [2.75, 3.05) is 13.7 Å². The van der Waals surface area contributed by atoms with E-state index in [1.807, 2.05) is 31.2 Å². The van der Waals surface area contributed by atoms with Crippen molar-refractivity contribution in [2.45, 2.75) is 32.2 Å². The molecule has 4 nitrogen and oxygen atoms in total. The van der Waals surface area contributed by atoms with Gasteiger partial charge in [0.25, 0.3) is 0 Å². The fourth-order valence-corrected chi connectivity index (χ4v) is 1.60. The van der Waals surface area contributed by atoms with Crippen molar-refractivity contribution >= 4 is 5.97 Å². The van der Waals surface area contributed by atoms with Gasteiger partial charge in [0.05, 0.1) is 13.7 Å². The van der Waals surface area contributed by atoms with Gasteiger partial charge in [-0.05, 0) is 38.8 Å². The molecule has 18 heavy (non-hydrogen) atoms. The number of hydrogen-bond acceptors (Lipinski definition) is 4. The van der Waals surface area contributed by atoms with E-state index in [1.165, 1.54) is 12.7 Å². The monoisotopic (exact) mass is 251 g/mol. The van der Waals surface area contributed by atoms with Gasteiger partial charge in [0, 0.05) is 0 Å². The van der Waals surface area contributed by atoms with Crippen molar-refractivity contribution in [2.24, 2.45) is 5.73 Å². The maximum Gasteiger partial charge on any atom is 0.325 e. The number of carbonyl (C=O) groups is 1. The second-order valence-corrected chi connectivity index (χ2v) is 4.67. The SMILES string of the molecule is COC(=O)C(C)(N)CCCOc1ccc(C)cc1. The molecule has 100 valence electrons. The summed E-state index contributed by atoms with van der Waals surface area (Å²) in [5.74, 6) is 0.440. The third kappa shape index (κ3) is 4.37. The molecule has 0 aliphatic rings. The van der Waals surface area contributed by atoms with Gasteiger partial charge in [-0.15, -0.1) is 0 Å². The second-order valence-electron chi connectivity index (χ2n) is 4.67. The van der Waals surface area contributed by atoms with E-state index in [2.05, 4.69) is 4.74 Å². The third-order valence-electron chi connectivity index (χ3n) is 2.78. The van der Waals surface area contributed by atoms with Gasteiger partial charge in [0.15, 0.2) is 0 Å². The number of ether oxygens (including phenoxy) is 2. The molecule has 0 bridgehead atoms. The van der Waals surface area contributed by atoms with Gasteiger partial charge in [-0.2, -0.15) is 0 Å². The van der Waals surface area contributed by atoms with Crippen LogP contribution in [0.15, 0.2) is 24.3 Å². The Hall–Kier alpha value is -1.55. The maximum atomic E-state index is 11.3. The van der Waals surface area contributed by atoms with Gasteiger partial charge < -0.3 is 15.2 Å². The molecule has 0 saturated heterocycles. The fraction of sp³-hybridized carbons (Fsp3) is 0.500. The van der Waals surface area contributed by atoms with Crippen LogP contribution in [0.1, 0.15) is 25.3 Å². The van der Waals surface area contributed by atoms with E-state index in [1.54, 1.807) is 6.92 Å². The molecule has 0 heterocycles. The normalized spacial score (nSPS) is 13.8. The van der Waals surface area contributed by atoms with Crippen molar-refractivity contribution in [1.82, 2.24) is 0 Å². The summed E-state index contributed by atoms with van der Waals surface area (Å²) in [5.41, 5.74) is 6.10. The minimum Gasteiger partial charge on any atom is -0.494 e. The zero-order valence-corrected chi connectivity index (χ0v) is 11.2. The van der Waals surface area contributed by atoms with Crippen LogP contribution in [-0.2, 0) is 9.53 Å². The Bertz CT molecular complexity index is 385. The van der Waals surface area contributed by atoms with E-state index in [4.69, 9.17) is 10.5 Å². The largest absolute Gasteiger partial charge is 0.494 e. The zero-order valence-electron chi connectivity index (χ0n) is 11.2. The highest BCUT2D eigenvalue weighted by molar-refractivity contribution is 5.79. The quantitative estimate of drug-likeness (QED) is 0.621. The van der Waals surface area contributed by atoms with Crippen LogP contribution < -0.4 is 10.5 Å². The summed E-state index contributed by atoms with van der Waals surface area (Å²) < 4.78 is 10.2. The smallest absolute Gasteiger partial charge is 0.325 e. The molecular formula is C14H21NO3. The molecular weight excluding hydrogens is 230 g/mol. The van der Waals surface area contributed by atoms with E-state index in [0.29, 0.717) is 19.4 Å². The van der Waals surface area contributed by atoms with Crippen LogP contribution in [0.5, 0.6) is 5.75 Å². The van der Waals surface area contributed by atoms with Crippen LogP contribution in [0.3, 0.4) is 0 Å². The van der Waals surface area contributed by atoms with E-state index in [9.17, 15) is 4.79 Å². The molecule has 0 radical (unpaired) electrons. The number of benzene rings is 1. The first kappa shape index (κ1) is 14.5. The molecule has 1 aromatic rings. The number of esters is 1. The standard InChI is InChI=1S/C14H21NO3/c1-11-5-7-12(8-6-11)18-10-4-9-14(2,15)13(16)17-3/h5-8H,4,9-10,15H2,1-3H3. The Kier molecular flexibility index (Phi) is 5.16. The molecule has 1 atom stereocenters. The highest BCUT2D eigenvalue weighted by atomic mass is 16.5. The first-order valence-corrected chi connectivity index (χ1v) is 6.02. The van der Waals surface area contributed by atoms with Gasteiger partial charge in [0.2, 0.25) is 0 Å². The Labute approximate surface area is 108 Å². The summed E-state index contributed by atoms with van der Waals surface area (Å²) in [4.78, 5) is 11.3. The van der Waals surface area contributed by atoms with Crippen LogP contribution in [0.2, 0.25) is 0 Å². The van der Waals surface area contributed by atoms with Crippen molar-refractivity contribution in [3.8, 4) is 5.75 Å². The van der Waals surface area contributed by atoms with E-state index >= 15 is 0 Å². The minimum atomic E-state index is -0.939. The molecule has 1 aromatic carbocycles. The van der Waals surface area contributed by atoms with Crippen LogP contribution in [0, 0.1) is 6.92 Å². The predicted octanol–water partition coefficient (Wildman–Crippen LogP) is 2.04. The average molecular weight is 251 g/mol. The van der Waals surface area contributed by atoms with Crippen molar-refractivity contribution in [3.05, 3.63) is 29.8 Å². The highest BCUT2D eigenvalue weighted by Gasteiger charge is 2.28. The summed E-state index contributed by atoms with van der Waals surface area (Å²) >= 11 is 0. The molecule has 0 spiro atoms. The Morgan fingerprint density at radius 2 is 1.94 bits per heavy atom. The summed E-state index contributed by atoms with van der Waals surface area (Å²) in [6.07, 6.45) is 1.24. The summed E-state index contributed by atoms with van der Waals surface area (Å²) in [7, 11) is 1.34. The van der Waals surface area contributed by atoms with Crippen molar-refractivity contribution < 1.29 is 14.3 Å². The van der Waals surface area contributed by atoms with Crippen LogP contribution in [0.25, 0.3) is 0 Å². The van der Waals surface area contributed by atoms with Crippen LogP contribution in [-0.4, -0.2) is 25.2 Å². The van der Waals surface area contributed by atoms with E-state index in [-0.39, 0.29) is 0 Å². The van der Waals surface area contributed by atoms with Gasteiger partial charge in [0.1, 0.15) is 11.3 Å². The first-order valence-electron chi connectivity index (χ1n) is 6.02. The van der Waals surface area contributed by atoms with Crippen molar-refractivity contribution in [3.63, 3.8) is 0 Å². The number of hydrogen-bond donors (Lipinski definition) is 1. The first-order chi connectivity index (χ1) is 8.45. The lowest BCUT2D eigenvalue weighted by molar-refractivity contribution is -0.146. The molecule has 1 unspecified atom stereocenters. The Balaban J connectivity index is 2.30. The third-order valence-corrected chi connectivity index (χ3v) is 2.78.